The summed E-state index contributed by atoms with van der Waals surface area (Å²) in [6.45, 7) is 3.99. The van der Waals surface area contributed by atoms with Crippen LogP contribution >= 0.6 is 0 Å². The first kappa shape index (κ1) is 14.7. The number of esters is 1. The Hall–Kier alpha value is -2.69. The summed E-state index contributed by atoms with van der Waals surface area (Å²) < 4.78 is 4.85. The van der Waals surface area contributed by atoms with Gasteiger partial charge in [0.1, 0.15) is 5.82 Å². The van der Waals surface area contributed by atoms with Crippen LogP contribution in [0.4, 0.5) is 5.82 Å². The van der Waals surface area contributed by atoms with Crippen LogP contribution in [-0.4, -0.2) is 22.5 Å². The highest BCUT2D eigenvalue weighted by Gasteiger charge is 2.07. The number of hydrogen-bond donors (Lipinski definition) is 1. The lowest BCUT2D eigenvalue weighted by molar-refractivity contribution is -0.137. The highest BCUT2D eigenvalue weighted by Crippen LogP contribution is 2.25. The van der Waals surface area contributed by atoms with Crippen LogP contribution in [0.15, 0.2) is 36.7 Å². The smallest absolute Gasteiger partial charge is 0.330 e. The molecule has 0 atom stereocenters. The van der Waals surface area contributed by atoms with Crippen molar-refractivity contribution in [2.45, 2.75) is 13.8 Å². The van der Waals surface area contributed by atoms with Gasteiger partial charge in [0.05, 0.1) is 6.61 Å². The van der Waals surface area contributed by atoms with E-state index in [1.54, 1.807) is 25.4 Å². The van der Waals surface area contributed by atoms with Gasteiger partial charge in [-0.3, -0.25) is 4.98 Å². The summed E-state index contributed by atoms with van der Waals surface area (Å²) in [6.07, 6.45) is 6.41. The highest BCUT2D eigenvalue weighted by atomic mass is 16.5. The number of aryl methyl sites for hydroxylation is 1. The van der Waals surface area contributed by atoms with Gasteiger partial charge in [0, 0.05) is 35.3 Å². The first-order valence-electron chi connectivity index (χ1n) is 6.64. The number of nitrogens with zero attached hydrogens (tertiary/aromatic N) is 2. The fourth-order valence-corrected chi connectivity index (χ4v) is 1.94. The Morgan fingerprint density at radius 1 is 1.38 bits per heavy atom. The van der Waals surface area contributed by atoms with E-state index in [0.717, 1.165) is 16.8 Å². The zero-order valence-electron chi connectivity index (χ0n) is 12.0. The Kier molecular flexibility index (Phi) is 4.66. The van der Waals surface area contributed by atoms with Crippen molar-refractivity contribution in [1.29, 1.82) is 0 Å². The maximum atomic E-state index is 11.4. The Bertz CT molecular complexity index is 667. The largest absolute Gasteiger partial charge is 0.463 e. The summed E-state index contributed by atoms with van der Waals surface area (Å²) in [5.41, 5.74) is 9.36. The van der Waals surface area contributed by atoms with Crippen LogP contribution in [0.1, 0.15) is 18.2 Å². The molecule has 0 spiro atoms. The van der Waals surface area contributed by atoms with E-state index in [9.17, 15) is 4.79 Å². The van der Waals surface area contributed by atoms with Gasteiger partial charge in [0.2, 0.25) is 0 Å². The number of rotatable bonds is 4. The Morgan fingerprint density at radius 3 is 2.76 bits per heavy atom. The molecule has 0 aliphatic rings. The number of aromatic nitrogens is 2. The van der Waals surface area contributed by atoms with Crippen LogP contribution in [0.25, 0.3) is 17.2 Å². The van der Waals surface area contributed by atoms with Gasteiger partial charge in [0.25, 0.3) is 0 Å². The minimum atomic E-state index is -0.400. The number of carbonyl (C=O) groups excluding carboxylic acids is 1. The number of anilines is 1. The van der Waals surface area contributed by atoms with Crippen molar-refractivity contribution < 1.29 is 9.53 Å². The van der Waals surface area contributed by atoms with E-state index >= 15 is 0 Å². The van der Waals surface area contributed by atoms with Crippen LogP contribution in [0.3, 0.4) is 0 Å². The van der Waals surface area contributed by atoms with E-state index in [0.29, 0.717) is 18.0 Å². The molecule has 0 saturated heterocycles. The third-order valence-electron chi connectivity index (χ3n) is 2.95. The van der Waals surface area contributed by atoms with Crippen molar-refractivity contribution in [2.75, 3.05) is 12.3 Å². The first-order chi connectivity index (χ1) is 10.1. The van der Waals surface area contributed by atoms with Gasteiger partial charge in [-0.1, -0.05) is 0 Å². The number of hydrogen-bond acceptors (Lipinski definition) is 5. The summed E-state index contributed by atoms with van der Waals surface area (Å²) in [5, 5.41) is 0. The molecule has 0 unspecified atom stereocenters. The molecule has 0 bridgehead atoms. The van der Waals surface area contributed by atoms with Gasteiger partial charge < -0.3 is 10.5 Å². The van der Waals surface area contributed by atoms with Gasteiger partial charge in [0.15, 0.2) is 0 Å². The molecule has 21 heavy (non-hydrogen) atoms. The second-order valence-electron chi connectivity index (χ2n) is 4.42. The Labute approximate surface area is 123 Å². The van der Waals surface area contributed by atoms with Gasteiger partial charge in [-0.2, -0.15) is 0 Å². The molecule has 0 saturated carbocycles. The predicted octanol–water partition coefficient (Wildman–Crippen LogP) is 2.61. The lowest BCUT2D eigenvalue weighted by atomic mass is 10.0. The van der Waals surface area contributed by atoms with Crippen LogP contribution in [0.5, 0.6) is 0 Å². The number of ether oxygens (including phenoxy) is 1. The van der Waals surface area contributed by atoms with Crippen molar-refractivity contribution in [3.05, 3.63) is 47.9 Å². The molecule has 0 amide bonds. The van der Waals surface area contributed by atoms with E-state index in [1.807, 2.05) is 25.1 Å². The monoisotopic (exact) mass is 283 g/mol. The quantitative estimate of drug-likeness (QED) is 0.689. The van der Waals surface area contributed by atoms with Gasteiger partial charge >= 0.3 is 5.97 Å². The zero-order chi connectivity index (χ0) is 15.2. The van der Waals surface area contributed by atoms with E-state index in [4.69, 9.17) is 10.5 Å². The van der Waals surface area contributed by atoms with Crippen LogP contribution in [-0.2, 0) is 9.53 Å². The maximum absolute atomic E-state index is 11.4. The molecule has 2 aromatic heterocycles. The molecule has 0 aromatic carbocycles. The summed E-state index contributed by atoms with van der Waals surface area (Å²) in [6, 6.07) is 5.71. The lowest BCUT2D eigenvalue weighted by Crippen LogP contribution is -2.01. The summed E-state index contributed by atoms with van der Waals surface area (Å²) in [7, 11) is 0. The minimum absolute atomic E-state index is 0.340. The van der Waals surface area contributed by atoms with E-state index in [-0.39, 0.29) is 0 Å². The van der Waals surface area contributed by atoms with Crippen molar-refractivity contribution in [3.63, 3.8) is 0 Å². The van der Waals surface area contributed by atoms with Gasteiger partial charge in [-0.25, -0.2) is 9.78 Å². The second-order valence-corrected chi connectivity index (χ2v) is 4.42. The molecule has 0 radical (unpaired) electrons. The normalized spacial score (nSPS) is 10.8. The summed E-state index contributed by atoms with van der Waals surface area (Å²) in [5.74, 6) is -0.0196. The molecule has 5 nitrogen and oxygen atoms in total. The van der Waals surface area contributed by atoms with Crippen molar-refractivity contribution in [2.24, 2.45) is 0 Å². The predicted molar refractivity (Wildman–Crippen MR) is 82.3 cm³/mol. The average molecular weight is 283 g/mol. The molecule has 2 aromatic rings. The Balaban J connectivity index is 2.37. The van der Waals surface area contributed by atoms with Crippen molar-refractivity contribution >= 4 is 17.9 Å². The molecule has 0 aliphatic heterocycles. The topological polar surface area (TPSA) is 78.1 Å². The number of nitrogens with two attached hydrogens (primary N) is 1. The molecule has 0 fully saturated rings. The molecule has 0 aliphatic carbocycles. The lowest BCUT2D eigenvalue weighted by Gasteiger charge is -2.09. The van der Waals surface area contributed by atoms with E-state index in [2.05, 4.69) is 9.97 Å². The van der Waals surface area contributed by atoms with Crippen LogP contribution in [0, 0.1) is 6.92 Å². The molecule has 2 rings (SSSR count). The molecular formula is C16H17N3O2. The highest BCUT2D eigenvalue weighted by molar-refractivity contribution is 5.88. The standard InChI is InChI=1S/C16H17N3O2/c1-3-21-15(20)5-4-13-10-14(11(2)19-16(13)17)12-6-8-18-9-7-12/h4-10H,3H2,1-2H3,(H2,17,19)/b5-4+. The fourth-order valence-electron chi connectivity index (χ4n) is 1.94. The third kappa shape index (κ3) is 3.66. The first-order valence-corrected chi connectivity index (χ1v) is 6.64. The van der Waals surface area contributed by atoms with Gasteiger partial charge in [-0.15, -0.1) is 0 Å². The molecule has 5 heteroatoms. The van der Waals surface area contributed by atoms with Gasteiger partial charge in [-0.05, 0) is 43.7 Å². The van der Waals surface area contributed by atoms with Crippen LogP contribution < -0.4 is 5.73 Å². The number of pyridine rings is 2. The fraction of sp³-hybridized carbons (Fsp3) is 0.188. The summed E-state index contributed by atoms with van der Waals surface area (Å²) in [4.78, 5) is 19.7. The average Bonchev–Trinajstić information content (AvgIpc) is 2.47. The molecular weight excluding hydrogens is 266 g/mol. The van der Waals surface area contributed by atoms with E-state index in [1.165, 1.54) is 6.08 Å². The SMILES string of the molecule is CCOC(=O)/C=C/c1cc(-c2ccncc2)c(C)nc1N. The summed E-state index contributed by atoms with van der Waals surface area (Å²) >= 11 is 0. The minimum Gasteiger partial charge on any atom is -0.463 e. The van der Waals surface area contributed by atoms with E-state index < -0.39 is 5.97 Å². The molecule has 2 heterocycles. The number of carbonyl (C=O) groups is 1. The number of nitrogen functional groups attached to an aromatic ring is 1. The third-order valence-corrected chi connectivity index (χ3v) is 2.95. The second kappa shape index (κ2) is 6.65. The zero-order valence-corrected chi connectivity index (χ0v) is 12.0. The Morgan fingerprint density at radius 2 is 2.10 bits per heavy atom. The molecule has 2 N–H and O–H groups in total. The molecule has 108 valence electrons. The van der Waals surface area contributed by atoms with Crippen molar-refractivity contribution in [1.82, 2.24) is 9.97 Å². The maximum Gasteiger partial charge on any atom is 0.330 e. The van der Waals surface area contributed by atoms with Crippen molar-refractivity contribution in [3.8, 4) is 11.1 Å². The van der Waals surface area contributed by atoms with Crippen LogP contribution in [0.2, 0.25) is 0 Å².